The Hall–Kier alpha value is -2.67. The van der Waals surface area contributed by atoms with Gasteiger partial charge in [0.25, 0.3) is 5.56 Å². The summed E-state index contributed by atoms with van der Waals surface area (Å²) in [7, 11) is 0. The van der Waals surface area contributed by atoms with Crippen molar-refractivity contribution in [2.75, 3.05) is 5.32 Å². The summed E-state index contributed by atoms with van der Waals surface area (Å²) < 4.78 is 1.39. The van der Waals surface area contributed by atoms with Crippen molar-refractivity contribution in [2.24, 2.45) is 5.92 Å². The quantitative estimate of drug-likeness (QED) is 0.770. The summed E-state index contributed by atoms with van der Waals surface area (Å²) in [5.74, 6) is 0.518. The van der Waals surface area contributed by atoms with Crippen LogP contribution in [0, 0.1) is 5.92 Å². The number of halogens is 1. The molecule has 0 spiro atoms. The van der Waals surface area contributed by atoms with Crippen molar-refractivity contribution >= 4 is 29.1 Å². The van der Waals surface area contributed by atoms with Crippen LogP contribution in [0.3, 0.4) is 0 Å². The summed E-state index contributed by atoms with van der Waals surface area (Å²) in [4.78, 5) is 30.5. The van der Waals surface area contributed by atoms with Gasteiger partial charge in [0.1, 0.15) is 5.82 Å². The monoisotopic (exact) mass is 331 g/mol. The number of aromatic amines is 1. The second-order valence-corrected chi connectivity index (χ2v) is 5.78. The first-order valence-corrected chi connectivity index (χ1v) is 7.39. The minimum Gasteiger partial charge on any atom is -0.310 e. The Morgan fingerprint density at radius 3 is 2.65 bits per heavy atom. The summed E-state index contributed by atoms with van der Waals surface area (Å²) in [5.41, 5.74) is 0.381. The zero-order valence-electron chi connectivity index (χ0n) is 12.5. The number of amides is 1. The minimum absolute atomic E-state index is 0.208. The lowest BCUT2D eigenvalue weighted by Crippen LogP contribution is -2.22. The number of nitrogens with zero attached hydrogens (tertiary/aromatic N) is 3. The van der Waals surface area contributed by atoms with E-state index in [1.165, 1.54) is 10.6 Å². The van der Waals surface area contributed by atoms with Gasteiger partial charge in [-0.15, -0.1) is 5.10 Å². The number of rotatable bonds is 3. The second kappa shape index (κ2) is 5.85. The van der Waals surface area contributed by atoms with Gasteiger partial charge >= 0.3 is 0 Å². The minimum atomic E-state index is -0.369. The standard InChI is InChI=1S/C15H14ClN5O2/c1-8(2)14(23)17-11-7-12(22)18-15-19-13(20-21(11)15)9-3-5-10(16)6-4-9/h3-8H,1-2H3,(H,17,23)(H,18,19,20,22). The van der Waals surface area contributed by atoms with Crippen molar-refractivity contribution in [2.45, 2.75) is 13.8 Å². The fraction of sp³-hybridized carbons (Fsp3) is 0.200. The Labute approximate surface area is 136 Å². The molecule has 3 rings (SSSR count). The van der Waals surface area contributed by atoms with E-state index in [0.29, 0.717) is 10.8 Å². The number of aromatic nitrogens is 4. The normalized spacial score (nSPS) is 11.1. The second-order valence-electron chi connectivity index (χ2n) is 5.34. The van der Waals surface area contributed by atoms with Crippen molar-refractivity contribution in [1.82, 2.24) is 19.6 Å². The van der Waals surface area contributed by atoms with Crippen LogP contribution in [0.1, 0.15) is 13.8 Å². The van der Waals surface area contributed by atoms with E-state index in [-0.39, 0.29) is 29.0 Å². The summed E-state index contributed by atoms with van der Waals surface area (Å²) in [6, 6.07) is 8.29. The molecule has 7 nitrogen and oxygen atoms in total. The van der Waals surface area contributed by atoms with E-state index in [0.717, 1.165) is 5.56 Å². The molecule has 0 radical (unpaired) electrons. The van der Waals surface area contributed by atoms with Gasteiger partial charge in [-0.3, -0.25) is 14.6 Å². The van der Waals surface area contributed by atoms with Crippen molar-refractivity contribution in [1.29, 1.82) is 0 Å². The Kier molecular flexibility index (Phi) is 3.87. The van der Waals surface area contributed by atoms with E-state index in [9.17, 15) is 9.59 Å². The van der Waals surface area contributed by atoms with E-state index >= 15 is 0 Å². The molecule has 0 aliphatic rings. The largest absolute Gasteiger partial charge is 0.310 e. The molecule has 3 aromatic rings. The van der Waals surface area contributed by atoms with Crippen LogP contribution in [0.2, 0.25) is 5.02 Å². The van der Waals surface area contributed by atoms with Crippen molar-refractivity contribution in [3.05, 3.63) is 45.7 Å². The zero-order valence-corrected chi connectivity index (χ0v) is 13.3. The first-order valence-electron chi connectivity index (χ1n) is 7.01. The van der Waals surface area contributed by atoms with E-state index in [1.54, 1.807) is 38.1 Å². The van der Waals surface area contributed by atoms with Gasteiger partial charge in [0.15, 0.2) is 5.82 Å². The summed E-state index contributed by atoms with van der Waals surface area (Å²) >= 11 is 5.87. The van der Waals surface area contributed by atoms with Gasteiger partial charge in [-0.25, -0.2) is 0 Å². The molecule has 23 heavy (non-hydrogen) atoms. The fourth-order valence-electron chi connectivity index (χ4n) is 1.97. The highest BCUT2D eigenvalue weighted by Gasteiger charge is 2.14. The first-order chi connectivity index (χ1) is 10.9. The molecule has 0 saturated carbocycles. The smallest absolute Gasteiger partial charge is 0.254 e. The number of fused-ring (bicyclic) bond motifs is 1. The Balaban J connectivity index is 2.10. The molecule has 2 N–H and O–H groups in total. The number of nitrogens with one attached hydrogen (secondary N) is 2. The molecule has 8 heteroatoms. The Morgan fingerprint density at radius 1 is 1.30 bits per heavy atom. The number of H-pyrrole nitrogens is 1. The van der Waals surface area contributed by atoms with Crippen molar-refractivity contribution < 1.29 is 4.79 Å². The van der Waals surface area contributed by atoms with Crippen LogP contribution in [0.5, 0.6) is 0 Å². The lowest BCUT2D eigenvalue weighted by Gasteiger charge is -2.07. The van der Waals surface area contributed by atoms with Crippen LogP contribution in [0.4, 0.5) is 5.82 Å². The first kappa shape index (κ1) is 15.2. The number of benzene rings is 1. The maximum atomic E-state index is 11.9. The maximum Gasteiger partial charge on any atom is 0.254 e. The number of carbonyl (C=O) groups is 1. The molecule has 0 bridgehead atoms. The van der Waals surface area contributed by atoms with Crippen LogP contribution < -0.4 is 10.9 Å². The lowest BCUT2D eigenvalue weighted by atomic mass is 10.2. The molecular weight excluding hydrogens is 318 g/mol. The highest BCUT2D eigenvalue weighted by molar-refractivity contribution is 6.30. The van der Waals surface area contributed by atoms with Crippen LogP contribution in [0.15, 0.2) is 35.1 Å². The Bertz CT molecular complexity index is 927. The molecule has 1 amide bonds. The molecule has 2 heterocycles. The van der Waals surface area contributed by atoms with Gasteiger partial charge in [0, 0.05) is 22.6 Å². The molecule has 1 aromatic carbocycles. The summed E-state index contributed by atoms with van der Waals surface area (Å²) in [5, 5.41) is 7.63. The third-order valence-electron chi connectivity index (χ3n) is 3.22. The van der Waals surface area contributed by atoms with E-state index in [2.05, 4.69) is 20.4 Å². The van der Waals surface area contributed by atoms with Crippen LogP contribution in [-0.2, 0) is 4.79 Å². The highest BCUT2D eigenvalue weighted by atomic mass is 35.5. The molecular formula is C15H14ClN5O2. The number of hydrogen-bond acceptors (Lipinski definition) is 4. The van der Waals surface area contributed by atoms with Gasteiger partial charge in [-0.1, -0.05) is 25.4 Å². The van der Waals surface area contributed by atoms with Crippen LogP contribution in [0.25, 0.3) is 17.2 Å². The average molecular weight is 332 g/mol. The molecule has 0 aliphatic heterocycles. The average Bonchev–Trinajstić information content (AvgIpc) is 2.91. The molecule has 0 fully saturated rings. The topological polar surface area (TPSA) is 92.1 Å². The lowest BCUT2D eigenvalue weighted by molar-refractivity contribution is -0.118. The predicted octanol–water partition coefficient (Wildman–Crippen LogP) is 2.33. The van der Waals surface area contributed by atoms with Gasteiger partial charge in [0.2, 0.25) is 11.7 Å². The van der Waals surface area contributed by atoms with Crippen molar-refractivity contribution in [3.63, 3.8) is 0 Å². The summed E-state index contributed by atoms with van der Waals surface area (Å²) in [6.07, 6.45) is 0. The molecule has 2 aromatic heterocycles. The molecule has 0 aliphatic carbocycles. The molecule has 0 unspecified atom stereocenters. The predicted molar refractivity (Wildman–Crippen MR) is 87.5 cm³/mol. The Morgan fingerprint density at radius 2 is 2.00 bits per heavy atom. The number of anilines is 1. The zero-order chi connectivity index (χ0) is 16.6. The van der Waals surface area contributed by atoms with Crippen molar-refractivity contribution in [3.8, 4) is 11.4 Å². The summed E-state index contributed by atoms with van der Waals surface area (Å²) in [6.45, 7) is 3.53. The van der Waals surface area contributed by atoms with E-state index in [1.807, 2.05) is 0 Å². The highest BCUT2D eigenvalue weighted by Crippen LogP contribution is 2.19. The number of carbonyl (C=O) groups excluding carboxylic acids is 1. The fourth-order valence-corrected chi connectivity index (χ4v) is 2.10. The SMILES string of the molecule is CC(C)C(=O)Nc1cc(=O)[nH]c2nc(-c3ccc(Cl)cc3)nn12. The van der Waals surface area contributed by atoms with Gasteiger partial charge in [0.05, 0.1) is 0 Å². The maximum absolute atomic E-state index is 11.9. The van der Waals surface area contributed by atoms with Gasteiger partial charge in [-0.05, 0) is 24.3 Å². The van der Waals surface area contributed by atoms with E-state index < -0.39 is 0 Å². The molecule has 0 atom stereocenters. The van der Waals surface area contributed by atoms with Crippen LogP contribution in [-0.4, -0.2) is 25.5 Å². The van der Waals surface area contributed by atoms with Gasteiger partial charge < -0.3 is 5.32 Å². The van der Waals surface area contributed by atoms with Gasteiger partial charge in [-0.2, -0.15) is 9.50 Å². The third kappa shape index (κ3) is 3.09. The van der Waals surface area contributed by atoms with Crippen LogP contribution >= 0.6 is 11.6 Å². The molecule has 118 valence electrons. The molecule has 0 saturated heterocycles. The van der Waals surface area contributed by atoms with E-state index in [4.69, 9.17) is 11.6 Å². The number of hydrogen-bond donors (Lipinski definition) is 2. The third-order valence-corrected chi connectivity index (χ3v) is 3.47.